The fourth-order valence-corrected chi connectivity index (χ4v) is 3.93. The van der Waals surface area contributed by atoms with Crippen molar-refractivity contribution in [1.82, 2.24) is 19.1 Å². The molecule has 0 aliphatic carbocycles. The van der Waals surface area contributed by atoms with Crippen LogP contribution in [0.15, 0.2) is 54.6 Å². The number of ether oxygens (including phenoxy) is 1. The lowest BCUT2D eigenvalue weighted by molar-refractivity contribution is 0.413. The lowest BCUT2D eigenvalue weighted by Crippen LogP contribution is -2.29. The zero-order valence-corrected chi connectivity index (χ0v) is 17.8. The largest absolute Gasteiger partial charge is 0.497 e. The van der Waals surface area contributed by atoms with Gasteiger partial charge in [-0.3, -0.25) is 0 Å². The van der Waals surface area contributed by atoms with Crippen LogP contribution in [-0.2, 0) is 10.2 Å². The van der Waals surface area contributed by atoms with Crippen LogP contribution in [0.25, 0.3) is 0 Å². The lowest BCUT2D eigenvalue weighted by Gasteiger charge is -2.31. The average molecular weight is 429 g/mol. The van der Waals surface area contributed by atoms with Crippen LogP contribution in [-0.4, -0.2) is 48.7 Å². The molecule has 2 aromatic carbocycles. The van der Waals surface area contributed by atoms with Crippen molar-refractivity contribution < 1.29 is 13.2 Å². The van der Waals surface area contributed by atoms with Crippen molar-refractivity contribution in [2.24, 2.45) is 0 Å². The van der Waals surface area contributed by atoms with Crippen LogP contribution in [0.3, 0.4) is 0 Å². The molecule has 0 radical (unpaired) electrons. The topological polar surface area (TPSA) is 101 Å². The number of hydrogen-bond donors (Lipinski definition) is 2. The predicted octanol–water partition coefficient (Wildman–Crippen LogP) is 2.65. The van der Waals surface area contributed by atoms with Gasteiger partial charge in [-0.2, -0.15) is 17.7 Å². The SMILES string of the molecule is COc1ccc([C@H]2C[C@@H](c3ccccc3)n3nc(NS(=O)(=O)N(C)C)nc3N2)cc1. The minimum atomic E-state index is -3.70. The second kappa shape index (κ2) is 7.96. The first-order chi connectivity index (χ1) is 14.4. The Morgan fingerprint density at radius 3 is 2.43 bits per heavy atom. The maximum absolute atomic E-state index is 12.2. The molecule has 2 heterocycles. The first kappa shape index (κ1) is 20.2. The van der Waals surface area contributed by atoms with E-state index in [9.17, 15) is 8.42 Å². The number of nitrogens with one attached hydrogen (secondary N) is 2. The van der Waals surface area contributed by atoms with Crippen LogP contribution < -0.4 is 14.8 Å². The maximum atomic E-state index is 12.2. The van der Waals surface area contributed by atoms with E-state index in [0.717, 1.165) is 27.6 Å². The summed E-state index contributed by atoms with van der Waals surface area (Å²) in [5.41, 5.74) is 2.16. The number of anilines is 2. The van der Waals surface area contributed by atoms with Crippen molar-refractivity contribution in [1.29, 1.82) is 0 Å². The smallest absolute Gasteiger partial charge is 0.303 e. The molecule has 0 fully saturated rings. The Labute approximate surface area is 175 Å². The van der Waals surface area contributed by atoms with Gasteiger partial charge in [0.25, 0.3) is 5.95 Å². The van der Waals surface area contributed by atoms with Gasteiger partial charge >= 0.3 is 10.2 Å². The van der Waals surface area contributed by atoms with Gasteiger partial charge < -0.3 is 10.1 Å². The quantitative estimate of drug-likeness (QED) is 0.626. The van der Waals surface area contributed by atoms with Crippen molar-refractivity contribution in [2.45, 2.75) is 18.5 Å². The normalized spacial score (nSPS) is 18.5. The number of fused-ring (bicyclic) bond motifs is 1. The number of methoxy groups -OCH3 is 1. The van der Waals surface area contributed by atoms with E-state index in [2.05, 4.69) is 20.1 Å². The van der Waals surface area contributed by atoms with Gasteiger partial charge in [-0.15, -0.1) is 5.10 Å². The second-order valence-electron chi connectivity index (χ2n) is 7.23. The van der Waals surface area contributed by atoms with E-state index in [0.29, 0.717) is 5.95 Å². The fourth-order valence-electron chi connectivity index (χ4n) is 3.43. The van der Waals surface area contributed by atoms with E-state index in [1.54, 1.807) is 11.8 Å². The Bertz CT molecular complexity index is 1110. The van der Waals surface area contributed by atoms with Gasteiger partial charge in [-0.05, 0) is 29.7 Å². The minimum absolute atomic E-state index is 0.0175. The molecular weight excluding hydrogens is 404 g/mol. The molecule has 0 amide bonds. The van der Waals surface area contributed by atoms with E-state index in [4.69, 9.17) is 4.74 Å². The number of hydrogen-bond acceptors (Lipinski definition) is 6. The van der Waals surface area contributed by atoms with Crippen molar-refractivity contribution in [2.75, 3.05) is 31.2 Å². The van der Waals surface area contributed by atoms with Crippen molar-refractivity contribution in [3.8, 4) is 5.75 Å². The fraction of sp³-hybridized carbons (Fsp3) is 0.300. The Morgan fingerprint density at radius 1 is 1.10 bits per heavy atom. The summed E-state index contributed by atoms with van der Waals surface area (Å²) < 4.78 is 34.9. The summed E-state index contributed by atoms with van der Waals surface area (Å²) in [6.45, 7) is 0. The van der Waals surface area contributed by atoms with Crippen molar-refractivity contribution in [3.05, 3.63) is 65.7 Å². The maximum Gasteiger partial charge on any atom is 0.303 e. The second-order valence-corrected chi connectivity index (χ2v) is 9.11. The third-order valence-electron chi connectivity index (χ3n) is 5.09. The zero-order valence-electron chi connectivity index (χ0n) is 17.0. The molecule has 2 N–H and O–H groups in total. The van der Waals surface area contributed by atoms with Gasteiger partial charge in [0.05, 0.1) is 19.2 Å². The Balaban J connectivity index is 1.71. The number of nitrogens with zero attached hydrogens (tertiary/aromatic N) is 4. The zero-order chi connectivity index (χ0) is 21.3. The summed E-state index contributed by atoms with van der Waals surface area (Å²) in [5.74, 6) is 1.33. The third kappa shape index (κ3) is 3.96. The Kier molecular flexibility index (Phi) is 5.35. The van der Waals surface area contributed by atoms with Gasteiger partial charge in [0, 0.05) is 14.1 Å². The molecule has 0 saturated carbocycles. The average Bonchev–Trinajstić information content (AvgIpc) is 3.15. The van der Waals surface area contributed by atoms with E-state index in [-0.39, 0.29) is 18.0 Å². The van der Waals surface area contributed by atoms with Crippen LogP contribution in [0.5, 0.6) is 5.75 Å². The molecular formula is C20H24N6O3S. The molecule has 1 aliphatic heterocycles. The molecule has 2 atom stereocenters. The standard InChI is InChI=1S/C20H24N6O3S/c1-25(2)30(27,28)24-19-22-20-21-17(14-9-11-16(29-3)12-10-14)13-18(26(20)23-19)15-7-5-4-6-8-15/h4-12,17-18H,13H2,1-3H3,(H2,21,22,23,24)/t17-,18+/m1/s1. The molecule has 4 rings (SSSR count). The highest BCUT2D eigenvalue weighted by Crippen LogP contribution is 2.38. The third-order valence-corrected chi connectivity index (χ3v) is 6.49. The molecule has 0 unspecified atom stereocenters. The summed E-state index contributed by atoms with van der Waals surface area (Å²) in [6.07, 6.45) is 0.729. The highest BCUT2D eigenvalue weighted by molar-refractivity contribution is 7.90. The molecule has 10 heteroatoms. The van der Waals surface area contributed by atoms with Crippen LogP contribution in [0.2, 0.25) is 0 Å². The molecule has 3 aromatic rings. The van der Waals surface area contributed by atoms with E-state index in [1.807, 2.05) is 54.6 Å². The Morgan fingerprint density at radius 2 is 1.80 bits per heavy atom. The summed E-state index contributed by atoms with van der Waals surface area (Å²) in [4.78, 5) is 4.40. The molecule has 1 aliphatic rings. The Hall–Kier alpha value is -3.11. The first-order valence-electron chi connectivity index (χ1n) is 9.49. The molecule has 9 nitrogen and oxygen atoms in total. The number of benzene rings is 2. The highest BCUT2D eigenvalue weighted by atomic mass is 32.2. The van der Waals surface area contributed by atoms with Gasteiger partial charge in [-0.25, -0.2) is 9.40 Å². The van der Waals surface area contributed by atoms with Gasteiger partial charge in [-0.1, -0.05) is 42.5 Å². The summed E-state index contributed by atoms with van der Waals surface area (Å²) in [6, 6.07) is 17.8. The van der Waals surface area contributed by atoms with Crippen molar-refractivity contribution >= 4 is 22.1 Å². The molecule has 158 valence electrons. The summed E-state index contributed by atoms with van der Waals surface area (Å²) >= 11 is 0. The molecule has 0 bridgehead atoms. The predicted molar refractivity (Wildman–Crippen MR) is 115 cm³/mol. The van der Waals surface area contributed by atoms with Gasteiger partial charge in [0.1, 0.15) is 5.75 Å². The van der Waals surface area contributed by atoms with Gasteiger partial charge in [0.2, 0.25) is 5.95 Å². The van der Waals surface area contributed by atoms with Crippen LogP contribution in [0, 0.1) is 0 Å². The van der Waals surface area contributed by atoms with Gasteiger partial charge in [0.15, 0.2) is 0 Å². The van der Waals surface area contributed by atoms with E-state index >= 15 is 0 Å². The van der Waals surface area contributed by atoms with Crippen LogP contribution in [0.4, 0.5) is 11.9 Å². The monoisotopic (exact) mass is 428 g/mol. The number of aromatic nitrogens is 3. The molecule has 30 heavy (non-hydrogen) atoms. The van der Waals surface area contributed by atoms with E-state index < -0.39 is 10.2 Å². The molecule has 0 saturated heterocycles. The lowest BCUT2D eigenvalue weighted by atomic mass is 9.93. The van der Waals surface area contributed by atoms with E-state index in [1.165, 1.54) is 14.1 Å². The molecule has 1 aromatic heterocycles. The summed E-state index contributed by atoms with van der Waals surface area (Å²) in [5, 5.41) is 7.82. The summed E-state index contributed by atoms with van der Waals surface area (Å²) in [7, 11) is 0.829. The van der Waals surface area contributed by atoms with Crippen LogP contribution >= 0.6 is 0 Å². The van der Waals surface area contributed by atoms with Crippen LogP contribution in [0.1, 0.15) is 29.6 Å². The minimum Gasteiger partial charge on any atom is -0.497 e. The highest BCUT2D eigenvalue weighted by Gasteiger charge is 2.32. The number of rotatable bonds is 6. The molecule has 0 spiro atoms. The van der Waals surface area contributed by atoms with Crippen molar-refractivity contribution in [3.63, 3.8) is 0 Å². The first-order valence-corrected chi connectivity index (χ1v) is 10.9.